The fraction of sp³-hybridized carbons (Fsp3) is 0.643. The van der Waals surface area contributed by atoms with E-state index in [1.54, 1.807) is 0 Å². The summed E-state index contributed by atoms with van der Waals surface area (Å²) in [7, 11) is 2.97. The molecule has 1 aromatic heterocycles. The Morgan fingerprint density at radius 3 is 2.62 bits per heavy atom. The summed E-state index contributed by atoms with van der Waals surface area (Å²) in [5.41, 5.74) is 0.421. The van der Waals surface area contributed by atoms with E-state index in [1.807, 2.05) is 0 Å². The van der Waals surface area contributed by atoms with Gasteiger partial charge in [0.1, 0.15) is 0 Å². The van der Waals surface area contributed by atoms with Gasteiger partial charge in [-0.15, -0.1) is 0 Å². The van der Waals surface area contributed by atoms with Gasteiger partial charge in [-0.3, -0.25) is 4.79 Å². The van der Waals surface area contributed by atoms with Gasteiger partial charge >= 0.3 is 6.01 Å². The number of ketones is 1. The number of rotatable bonds is 4. The van der Waals surface area contributed by atoms with Crippen molar-refractivity contribution in [3.8, 4) is 11.9 Å². The molecule has 114 valence electrons. The molecule has 7 nitrogen and oxygen atoms in total. The Hall–Kier alpha value is -1.73. The Morgan fingerprint density at radius 2 is 2.00 bits per heavy atom. The third-order valence-electron chi connectivity index (χ3n) is 3.99. The molecule has 21 heavy (non-hydrogen) atoms. The minimum atomic E-state index is -0.0453. The molecule has 1 N–H and O–H groups in total. The molecule has 7 heteroatoms. The highest BCUT2D eigenvalue weighted by Crippen LogP contribution is 2.29. The zero-order chi connectivity index (χ0) is 14.8. The zero-order valence-electron chi connectivity index (χ0n) is 12.2. The number of nitrogens with zero attached hydrogens (tertiary/aromatic N) is 2. The monoisotopic (exact) mass is 293 g/mol. The fourth-order valence-corrected chi connectivity index (χ4v) is 3.05. The molecule has 1 aromatic rings. The van der Waals surface area contributed by atoms with Crippen molar-refractivity contribution >= 4 is 5.78 Å². The SMILES string of the molecule is COc1ncc(C(=O)C2CC3COCC(C2)N3)c(OC)n1. The average molecular weight is 293 g/mol. The second-order valence-electron chi connectivity index (χ2n) is 5.41. The summed E-state index contributed by atoms with van der Waals surface area (Å²) in [5.74, 6) is 0.260. The van der Waals surface area contributed by atoms with Crippen LogP contribution in [0.4, 0.5) is 0 Å². The summed E-state index contributed by atoms with van der Waals surface area (Å²) >= 11 is 0. The van der Waals surface area contributed by atoms with Crippen molar-refractivity contribution in [2.24, 2.45) is 5.92 Å². The predicted octanol–water partition coefficient (Wildman–Crippen LogP) is 0.443. The van der Waals surface area contributed by atoms with Crippen molar-refractivity contribution in [2.75, 3.05) is 27.4 Å². The Bertz CT molecular complexity index is 525. The Balaban J connectivity index is 1.81. The lowest BCUT2D eigenvalue weighted by atomic mass is 9.82. The number of nitrogens with one attached hydrogen (secondary N) is 1. The standard InChI is InChI=1S/C14H19N3O4/c1-19-13-11(5-15-14(17-13)20-2)12(18)8-3-9-6-21-7-10(4-8)16-9/h5,8-10,16H,3-4,6-7H2,1-2H3. The Morgan fingerprint density at radius 1 is 1.29 bits per heavy atom. The molecule has 2 aliphatic rings. The van der Waals surface area contributed by atoms with Gasteiger partial charge in [-0.1, -0.05) is 0 Å². The van der Waals surface area contributed by atoms with Gasteiger partial charge in [-0.05, 0) is 12.8 Å². The first kappa shape index (κ1) is 14.2. The maximum absolute atomic E-state index is 12.7. The third kappa shape index (κ3) is 2.84. The molecule has 0 aromatic carbocycles. The molecule has 0 aliphatic carbocycles. The van der Waals surface area contributed by atoms with E-state index in [-0.39, 0.29) is 35.7 Å². The molecule has 2 saturated heterocycles. The molecule has 0 spiro atoms. The number of aromatic nitrogens is 2. The number of hydrogen-bond donors (Lipinski definition) is 1. The first-order valence-corrected chi connectivity index (χ1v) is 7.04. The van der Waals surface area contributed by atoms with Crippen LogP contribution in [0.2, 0.25) is 0 Å². The Labute approximate surface area is 123 Å². The van der Waals surface area contributed by atoms with Crippen LogP contribution in [0, 0.1) is 5.92 Å². The van der Waals surface area contributed by atoms with Crippen LogP contribution in [0.5, 0.6) is 11.9 Å². The van der Waals surface area contributed by atoms with Crippen molar-refractivity contribution in [1.29, 1.82) is 0 Å². The number of morpholine rings is 1. The molecular weight excluding hydrogens is 274 g/mol. The van der Waals surface area contributed by atoms with Crippen LogP contribution in [0.25, 0.3) is 0 Å². The number of carbonyl (C=O) groups is 1. The van der Waals surface area contributed by atoms with Gasteiger partial charge in [-0.2, -0.15) is 4.98 Å². The largest absolute Gasteiger partial charge is 0.480 e. The number of methoxy groups -OCH3 is 2. The highest BCUT2D eigenvalue weighted by molar-refractivity contribution is 5.99. The lowest BCUT2D eigenvalue weighted by molar-refractivity contribution is 0.00946. The van der Waals surface area contributed by atoms with Crippen molar-refractivity contribution in [2.45, 2.75) is 24.9 Å². The van der Waals surface area contributed by atoms with E-state index >= 15 is 0 Å². The molecule has 2 bridgehead atoms. The van der Waals surface area contributed by atoms with Gasteiger partial charge in [0.05, 0.1) is 33.0 Å². The smallest absolute Gasteiger partial charge is 0.319 e. The number of piperidine rings is 1. The molecule has 2 unspecified atom stereocenters. The number of carbonyl (C=O) groups excluding carboxylic acids is 1. The molecule has 2 atom stereocenters. The van der Waals surface area contributed by atoms with Crippen LogP contribution in [-0.4, -0.2) is 55.3 Å². The summed E-state index contributed by atoms with van der Waals surface area (Å²) in [6, 6.07) is 0.687. The molecule has 2 fully saturated rings. The summed E-state index contributed by atoms with van der Waals surface area (Å²) in [4.78, 5) is 20.8. The van der Waals surface area contributed by atoms with Gasteiger partial charge in [0, 0.05) is 24.2 Å². The van der Waals surface area contributed by atoms with Crippen molar-refractivity contribution < 1.29 is 19.0 Å². The molecule has 3 rings (SSSR count). The van der Waals surface area contributed by atoms with Crippen LogP contribution in [0.1, 0.15) is 23.2 Å². The average Bonchev–Trinajstić information content (AvgIpc) is 2.53. The number of fused-ring (bicyclic) bond motifs is 2. The first-order chi connectivity index (χ1) is 10.2. The molecular formula is C14H19N3O4. The molecule has 0 amide bonds. The van der Waals surface area contributed by atoms with Crippen LogP contribution in [0.15, 0.2) is 6.20 Å². The second-order valence-corrected chi connectivity index (χ2v) is 5.41. The second kappa shape index (κ2) is 5.95. The lowest BCUT2D eigenvalue weighted by Gasteiger charge is -2.39. The summed E-state index contributed by atoms with van der Waals surface area (Å²) in [6.07, 6.45) is 3.02. The first-order valence-electron chi connectivity index (χ1n) is 7.04. The van der Waals surface area contributed by atoms with E-state index < -0.39 is 0 Å². The van der Waals surface area contributed by atoms with E-state index in [4.69, 9.17) is 14.2 Å². The van der Waals surface area contributed by atoms with Crippen molar-refractivity contribution in [3.63, 3.8) is 0 Å². The van der Waals surface area contributed by atoms with E-state index in [9.17, 15) is 4.79 Å². The minimum absolute atomic E-state index is 0.0351. The maximum atomic E-state index is 12.7. The van der Waals surface area contributed by atoms with Gasteiger partial charge in [0.25, 0.3) is 0 Å². The quantitative estimate of drug-likeness (QED) is 0.807. The zero-order valence-corrected chi connectivity index (χ0v) is 12.2. The van der Waals surface area contributed by atoms with Crippen LogP contribution < -0.4 is 14.8 Å². The van der Waals surface area contributed by atoms with E-state index in [1.165, 1.54) is 20.4 Å². The summed E-state index contributed by atoms with van der Waals surface area (Å²) in [6.45, 7) is 1.33. The van der Waals surface area contributed by atoms with E-state index in [0.29, 0.717) is 18.8 Å². The molecule has 2 aliphatic heterocycles. The number of ether oxygens (including phenoxy) is 3. The van der Waals surface area contributed by atoms with Gasteiger partial charge in [0.2, 0.25) is 5.88 Å². The summed E-state index contributed by atoms with van der Waals surface area (Å²) < 4.78 is 15.7. The molecule has 0 saturated carbocycles. The van der Waals surface area contributed by atoms with Gasteiger partial charge < -0.3 is 19.5 Å². The van der Waals surface area contributed by atoms with Gasteiger partial charge in [0.15, 0.2) is 5.78 Å². The highest BCUT2D eigenvalue weighted by atomic mass is 16.5. The summed E-state index contributed by atoms with van der Waals surface area (Å²) in [5, 5.41) is 3.48. The fourth-order valence-electron chi connectivity index (χ4n) is 3.05. The minimum Gasteiger partial charge on any atom is -0.480 e. The molecule has 0 radical (unpaired) electrons. The van der Waals surface area contributed by atoms with Crippen LogP contribution >= 0.6 is 0 Å². The lowest BCUT2D eigenvalue weighted by Crippen LogP contribution is -2.55. The Kier molecular flexibility index (Phi) is 4.03. The maximum Gasteiger partial charge on any atom is 0.319 e. The third-order valence-corrected chi connectivity index (χ3v) is 3.99. The van der Waals surface area contributed by atoms with Crippen LogP contribution in [-0.2, 0) is 4.74 Å². The van der Waals surface area contributed by atoms with E-state index in [0.717, 1.165) is 12.8 Å². The number of Topliss-reactive ketones (excluding diaryl/α,β-unsaturated/α-hetero) is 1. The highest BCUT2D eigenvalue weighted by Gasteiger charge is 2.36. The molecule has 3 heterocycles. The number of hydrogen-bond acceptors (Lipinski definition) is 7. The van der Waals surface area contributed by atoms with Crippen molar-refractivity contribution in [1.82, 2.24) is 15.3 Å². The predicted molar refractivity (Wildman–Crippen MR) is 73.7 cm³/mol. The van der Waals surface area contributed by atoms with Crippen molar-refractivity contribution in [3.05, 3.63) is 11.8 Å². The van der Waals surface area contributed by atoms with Gasteiger partial charge in [-0.25, -0.2) is 4.98 Å². The van der Waals surface area contributed by atoms with Crippen LogP contribution in [0.3, 0.4) is 0 Å². The van der Waals surface area contributed by atoms with E-state index in [2.05, 4.69) is 15.3 Å². The topological polar surface area (TPSA) is 82.6 Å². The normalized spacial score (nSPS) is 28.0.